The van der Waals surface area contributed by atoms with Gasteiger partial charge in [-0.05, 0) is 109 Å². The molecule has 0 aromatic carbocycles. The van der Waals surface area contributed by atoms with Crippen molar-refractivity contribution < 1.29 is 24.2 Å². The van der Waals surface area contributed by atoms with E-state index in [0.29, 0.717) is 12.8 Å². The minimum Gasteiger partial charge on any atom is -0.462 e. The smallest absolute Gasteiger partial charge is 0.306 e. The Bertz CT molecular complexity index is 1390. The van der Waals surface area contributed by atoms with E-state index in [2.05, 4.69) is 135 Å². The van der Waals surface area contributed by atoms with Gasteiger partial charge in [-0.2, -0.15) is 0 Å². The van der Waals surface area contributed by atoms with Crippen LogP contribution in [-0.4, -0.2) is 36.4 Å². The highest BCUT2D eigenvalue weighted by atomic mass is 16.6. The fourth-order valence-corrected chi connectivity index (χ4v) is 7.54. The molecule has 5 nitrogen and oxygen atoms in total. The molecule has 0 amide bonds. The van der Waals surface area contributed by atoms with Crippen molar-refractivity contribution in [3.63, 3.8) is 0 Å². The molecular formula is C63H104O5. The van der Waals surface area contributed by atoms with Crippen LogP contribution in [0.3, 0.4) is 0 Å². The van der Waals surface area contributed by atoms with E-state index >= 15 is 0 Å². The van der Waals surface area contributed by atoms with E-state index in [0.717, 1.165) is 103 Å². The van der Waals surface area contributed by atoms with Crippen LogP contribution < -0.4 is 0 Å². The van der Waals surface area contributed by atoms with Crippen LogP contribution >= 0.6 is 0 Å². The number of hydrogen-bond acceptors (Lipinski definition) is 5. The quantitative estimate of drug-likeness (QED) is 0.0374. The molecule has 5 heteroatoms. The van der Waals surface area contributed by atoms with Crippen LogP contribution in [0.5, 0.6) is 0 Å². The summed E-state index contributed by atoms with van der Waals surface area (Å²) in [7, 11) is 0. The van der Waals surface area contributed by atoms with Gasteiger partial charge in [-0.3, -0.25) is 9.59 Å². The zero-order valence-electron chi connectivity index (χ0n) is 44.1. The van der Waals surface area contributed by atoms with Crippen LogP contribution in [0.25, 0.3) is 0 Å². The summed E-state index contributed by atoms with van der Waals surface area (Å²) < 4.78 is 10.7. The van der Waals surface area contributed by atoms with Crippen molar-refractivity contribution >= 4 is 11.9 Å². The molecule has 0 aromatic rings. The highest BCUT2D eigenvalue weighted by molar-refractivity contribution is 5.70. The van der Waals surface area contributed by atoms with E-state index in [4.69, 9.17) is 9.47 Å². The first kappa shape index (κ1) is 64.3. The van der Waals surface area contributed by atoms with Gasteiger partial charge in [0.1, 0.15) is 6.61 Å². The summed E-state index contributed by atoms with van der Waals surface area (Å²) in [5.41, 5.74) is 0. The third-order valence-corrected chi connectivity index (χ3v) is 11.7. The van der Waals surface area contributed by atoms with Crippen molar-refractivity contribution in [3.8, 4) is 0 Å². The third kappa shape index (κ3) is 54.9. The Labute approximate surface area is 420 Å². The Morgan fingerprint density at radius 3 is 0.971 bits per heavy atom. The molecule has 0 fully saturated rings. The lowest BCUT2D eigenvalue weighted by atomic mass is 10.0. The number of aliphatic hydroxyl groups is 1. The predicted molar refractivity (Wildman–Crippen MR) is 297 cm³/mol. The molecule has 0 saturated heterocycles. The molecule has 386 valence electrons. The molecule has 1 atom stereocenters. The standard InChI is InChI=1S/C63H104O5/c1-3-5-7-9-11-13-15-17-18-19-20-21-22-23-24-25-26-27-28-29-30-31-32-33-34-35-36-37-38-39-40-41-42-43-44-46-48-50-52-54-56-58-63(66)68-61(59-64)60-67-62(65)57-55-53-51-49-47-45-16-14-12-10-8-6-4-2/h5,7,11,13-14,16-18,20-21,23-24,26-27,29-30,32-33,35-36,61,64H,3-4,6,8-10,12,15,19,22,25,28,31,34,37-60H2,1-2H3/b7-5-,13-11-,16-14-,18-17-,21-20-,24-23-,27-26-,30-29-,33-32-,36-35-. The van der Waals surface area contributed by atoms with Crippen molar-refractivity contribution in [1.29, 1.82) is 0 Å². The molecule has 0 bridgehead atoms. The minimum atomic E-state index is -0.781. The van der Waals surface area contributed by atoms with Crippen LogP contribution in [0.15, 0.2) is 122 Å². The highest BCUT2D eigenvalue weighted by Gasteiger charge is 2.16. The van der Waals surface area contributed by atoms with Gasteiger partial charge in [0.15, 0.2) is 6.10 Å². The summed E-state index contributed by atoms with van der Waals surface area (Å²) in [5, 5.41) is 9.62. The van der Waals surface area contributed by atoms with Gasteiger partial charge in [0, 0.05) is 12.8 Å². The normalized spacial score (nSPS) is 13.2. The topological polar surface area (TPSA) is 72.8 Å². The summed E-state index contributed by atoms with van der Waals surface area (Å²) >= 11 is 0. The van der Waals surface area contributed by atoms with E-state index < -0.39 is 6.10 Å². The second-order valence-electron chi connectivity index (χ2n) is 18.3. The van der Waals surface area contributed by atoms with Crippen LogP contribution in [0.1, 0.15) is 245 Å². The summed E-state index contributed by atoms with van der Waals surface area (Å²) in [6.07, 6.45) is 84.6. The number of allylic oxidation sites excluding steroid dienone is 20. The van der Waals surface area contributed by atoms with Gasteiger partial charge in [0.2, 0.25) is 0 Å². The third-order valence-electron chi connectivity index (χ3n) is 11.7. The average Bonchev–Trinajstić information content (AvgIpc) is 3.34. The molecule has 1 unspecified atom stereocenters. The fourth-order valence-electron chi connectivity index (χ4n) is 7.54. The van der Waals surface area contributed by atoms with Gasteiger partial charge in [0.05, 0.1) is 6.61 Å². The summed E-state index contributed by atoms with van der Waals surface area (Å²) in [5.74, 6) is -0.604. The first-order chi connectivity index (χ1) is 33.6. The Balaban J connectivity index is 3.54. The summed E-state index contributed by atoms with van der Waals surface area (Å²) in [6.45, 7) is 4.00. The lowest BCUT2D eigenvalue weighted by Crippen LogP contribution is -2.28. The summed E-state index contributed by atoms with van der Waals surface area (Å²) in [6, 6.07) is 0. The second-order valence-corrected chi connectivity index (χ2v) is 18.3. The maximum atomic E-state index is 12.3. The number of unbranched alkanes of at least 4 members (excludes halogenated alkanes) is 22. The van der Waals surface area contributed by atoms with E-state index in [1.165, 1.54) is 116 Å². The number of esters is 2. The van der Waals surface area contributed by atoms with E-state index in [9.17, 15) is 14.7 Å². The number of hydrogen-bond donors (Lipinski definition) is 1. The molecular weight excluding hydrogens is 837 g/mol. The molecule has 0 saturated carbocycles. The van der Waals surface area contributed by atoms with Gasteiger partial charge in [-0.1, -0.05) is 245 Å². The molecule has 0 aromatic heterocycles. The molecule has 0 aliphatic rings. The molecule has 68 heavy (non-hydrogen) atoms. The number of carbonyl (C=O) groups excluding carboxylic acids is 2. The number of ether oxygens (including phenoxy) is 2. The van der Waals surface area contributed by atoms with Crippen LogP contribution in [0.4, 0.5) is 0 Å². The number of rotatable bonds is 50. The molecule has 0 radical (unpaired) electrons. The van der Waals surface area contributed by atoms with Gasteiger partial charge in [-0.15, -0.1) is 0 Å². The van der Waals surface area contributed by atoms with E-state index in [-0.39, 0.29) is 25.2 Å². The SMILES string of the molecule is CC/C=C\C/C=C\C/C=C\C/C=C\C/C=C\C/C=C\C/C=C\C/C=C\C/C=C\CCCCCCCCCCCCCCCC(=O)OC(CO)COC(=O)CCCCCCC/C=C\CCCCCC. The van der Waals surface area contributed by atoms with E-state index in [1.807, 2.05) is 0 Å². The number of aliphatic hydroxyl groups excluding tert-OH is 1. The Kier molecular flexibility index (Phi) is 54.5. The molecule has 1 N–H and O–H groups in total. The first-order valence-corrected chi connectivity index (χ1v) is 28.1. The maximum Gasteiger partial charge on any atom is 0.306 e. The lowest BCUT2D eigenvalue weighted by Gasteiger charge is -2.15. The van der Waals surface area contributed by atoms with Crippen LogP contribution in [0.2, 0.25) is 0 Å². The molecule has 0 aliphatic heterocycles. The van der Waals surface area contributed by atoms with Gasteiger partial charge < -0.3 is 14.6 Å². The second kappa shape index (κ2) is 57.6. The monoisotopic (exact) mass is 941 g/mol. The highest BCUT2D eigenvalue weighted by Crippen LogP contribution is 2.15. The van der Waals surface area contributed by atoms with Crippen molar-refractivity contribution in [2.45, 2.75) is 251 Å². The van der Waals surface area contributed by atoms with Gasteiger partial charge >= 0.3 is 11.9 Å². The molecule has 0 rings (SSSR count). The Morgan fingerprint density at radius 1 is 0.353 bits per heavy atom. The maximum absolute atomic E-state index is 12.3. The summed E-state index contributed by atoms with van der Waals surface area (Å²) in [4.78, 5) is 24.4. The molecule has 0 heterocycles. The van der Waals surface area contributed by atoms with Crippen molar-refractivity contribution in [2.75, 3.05) is 13.2 Å². The molecule has 0 spiro atoms. The zero-order chi connectivity index (χ0) is 49.2. The van der Waals surface area contributed by atoms with Crippen LogP contribution in [0, 0.1) is 0 Å². The average molecular weight is 942 g/mol. The van der Waals surface area contributed by atoms with Crippen molar-refractivity contribution in [2.24, 2.45) is 0 Å². The van der Waals surface area contributed by atoms with E-state index in [1.54, 1.807) is 0 Å². The van der Waals surface area contributed by atoms with Gasteiger partial charge in [0.25, 0.3) is 0 Å². The zero-order valence-corrected chi connectivity index (χ0v) is 44.1. The van der Waals surface area contributed by atoms with Crippen molar-refractivity contribution in [3.05, 3.63) is 122 Å². The van der Waals surface area contributed by atoms with Crippen molar-refractivity contribution in [1.82, 2.24) is 0 Å². The first-order valence-electron chi connectivity index (χ1n) is 28.1. The number of carbonyl (C=O) groups is 2. The fraction of sp³-hybridized carbons (Fsp3) is 0.651. The molecule has 0 aliphatic carbocycles. The minimum absolute atomic E-state index is 0.0741. The van der Waals surface area contributed by atoms with Gasteiger partial charge in [-0.25, -0.2) is 0 Å². The predicted octanol–water partition coefficient (Wildman–Crippen LogP) is 19.1. The lowest BCUT2D eigenvalue weighted by molar-refractivity contribution is -0.161. The Hall–Kier alpha value is -3.70. The van der Waals surface area contributed by atoms with Crippen LogP contribution in [-0.2, 0) is 19.1 Å². The largest absolute Gasteiger partial charge is 0.462 e. The Morgan fingerprint density at radius 2 is 0.632 bits per heavy atom.